The third-order valence-electron chi connectivity index (χ3n) is 3.20. The van der Waals surface area contributed by atoms with E-state index in [0.29, 0.717) is 0 Å². The molecule has 0 aromatic carbocycles. The number of thiophene rings is 1. The molecule has 5 heteroatoms. The molecular formula is C13H17N3OS. The van der Waals surface area contributed by atoms with E-state index in [1.807, 2.05) is 12.4 Å². The minimum atomic E-state index is 0.261. The first kappa shape index (κ1) is 11.9. The van der Waals surface area contributed by atoms with E-state index in [0.717, 1.165) is 32.1 Å². The molecule has 1 fully saturated rings. The summed E-state index contributed by atoms with van der Waals surface area (Å²) in [4.78, 5) is 7.97. The van der Waals surface area contributed by atoms with Crippen molar-refractivity contribution in [1.82, 2.24) is 14.5 Å². The van der Waals surface area contributed by atoms with Crippen molar-refractivity contribution in [3.8, 4) is 10.7 Å². The number of likely N-dealkylation sites (N-methyl/N-ethyl adjacent to an activating group) is 1. The van der Waals surface area contributed by atoms with Crippen molar-refractivity contribution in [1.29, 1.82) is 0 Å². The van der Waals surface area contributed by atoms with E-state index in [1.54, 1.807) is 11.3 Å². The molecule has 2 aromatic heterocycles. The molecular weight excluding hydrogens is 246 g/mol. The van der Waals surface area contributed by atoms with Crippen LogP contribution in [0.25, 0.3) is 10.7 Å². The van der Waals surface area contributed by atoms with Crippen molar-refractivity contribution in [2.24, 2.45) is 0 Å². The summed E-state index contributed by atoms with van der Waals surface area (Å²) in [5.74, 6) is 1.04. The van der Waals surface area contributed by atoms with Gasteiger partial charge in [0.25, 0.3) is 0 Å². The quantitative estimate of drug-likeness (QED) is 0.848. The Morgan fingerprint density at radius 1 is 1.56 bits per heavy atom. The highest BCUT2D eigenvalue weighted by molar-refractivity contribution is 7.13. The highest BCUT2D eigenvalue weighted by Crippen LogP contribution is 2.23. The number of morpholine rings is 1. The molecule has 18 heavy (non-hydrogen) atoms. The van der Waals surface area contributed by atoms with Crippen LogP contribution in [0.2, 0.25) is 0 Å². The predicted molar refractivity (Wildman–Crippen MR) is 72.8 cm³/mol. The highest BCUT2D eigenvalue weighted by atomic mass is 32.1. The van der Waals surface area contributed by atoms with Gasteiger partial charge in [-0.3, -0.25) is 0 Å². The minimum absolute atomic E-state index is 0.261. The van der Waals surface area contributed by atoms with Crippen LogP contribution in [0.5, 0.6) is 0 Å². The van der Waals surface area contributed by atoms with Gasteiger partial charge in [0.1, 0.15) is 5.82 Å². The lowest BCUT2D eigenvalue weighted by Gasteiger charge is -2.30. The summed E-state index contributed by atoms with van der Waals surface area (Å²) in [5, 5.41) is 2.08. The lowest BCUT2D eigenvalue weighted by atomic mass is 10.3. The Morgan fingerprint density at radius 3 is 3.28 bits per heavy atom. The van der Waals surface area contributed by atoms with Gasteiger partial charge in [-0.05, 0) is 18.5 Å². The van der Waals surface area contributed by atoms with E-state index >= 15 is 0 Å². The largest absolute Gasteiger partial charge is 0.374 e. The molecule has 4 nitrogen and oxygen atoms in total. The molecule has 0 N–H and O–H groups in total. The Bertz CT molecular complexity index is 494. The summed E-state index contributed by atoms with van der Waals surface area (Å²) < 4.78 is 8.00. The van der Waals surface area contributed by atoms with Gasteiger partial charge in [-0.1, -0.05) is 6.07 Å². The van der Waals surface area contributed by atoms with Crippen LogP contribution >= 0.6 is 11.3 Å². The van der Waals surface area contributed by atoms with E-state index in [2.05, 4.69) is 39.0 Å². The Labute approximate surface area is 111 Å². The van der Waals surface area contributed by atoms with E-state index in [4.69, 9.17) is 4.74 Å². The summed E-state index contributed by atoms with van der Waals surface area (Å²) in [6, 6.07) is 4.17. The first-order valence-electron chi connectivity index (χ1n) is 6.18. The van der Waals surface area contributed by atoms with Crippen molar-refractivity contribution >= 4 is 11.3 Å². The molecule has 3 heterocycles. The van der Waals surface area contributed by atoms with Crippen LogP contribution in [0, 0.1) is 0 Å². The predicted octanol–water partition coefficient (Wildman–Crippen LogP) is 1.94. The number of hydrogen-bond donors (Lipinski definition) is 0. The normalized spacial score (nSPS) is 21.3. The van der Waals surface area contributed by atoms with Gasteiger partial charge in [-0.15, -0.1) is 11.3 Å². The fraction of sp³-hybridized carbons (Fsp3) is 0.462. The number of aromatic nitrogens is 2. The van der Waals surface area contributed by atoms with E-state index < -0.39 is 0 Å². The number of imidazole rings is 1. The van der Waals surface area contributed by atoms with Gasteiger partial charge < -0.3 is 14.2 Å². The van der Waals surface area contributed by atoms with E-state index in [-0.39, 0.29) is 6.10 Å². The van der Waals surface area contributed by atoms with Crippen molar-refractivity contribution in [3.05, 3.63) is 29.9 Å². The molecule has 1 aliphatic rings. The zero-order valence-corrected chi connectivity index (χ0v) is 11.3. The standard InChI is InChI=1S/C13H17N3OS/c1-15-6-7-17-11(9-15)10-16-5-4-14-13(16)12-3-2-8-18-12/h2-5,8,11H,6-7,9-10H2,1H3. The number of nitrogens with zero attached hydrogens (tertiary/aromatic N) is 3. The van der Waals surface area contributed by atoms with Crippen LogP contribution in [0.1, 0.15) is 0 Å². The second-order valence-electron chi connectivity index (χ2n) is 4.64. The average molecular weight is 263 g/mol. The van der Waals surface area contributed by atoms with E-state index in [1.165, 1.54) is 4.88 Å². The molecule has 2 aromatic rings. The Hall–Kier alpha value is -1.17. The van der Waals surface area contributed by atoms with Gasteiger partial charge in [0.2, 0.25) is 0 Å². The van der Waals surface area contributed by atoms with Crippen molar-refractivity contribution < 1.29 is 4.74 Å². The van der Waals surface area contributed by atoms with Gasteiger partial charge in [0.05, 0.1) is 24.1 Å². The molecule has 1 saturated heterocycles. The van der Waals surface area contributed by atoms with Gasteiger partial charge in [-0.25, -0.2) is 4.98 Å². The number of hydrogen-bond acceptors (Lipinski definition) is 4. The lowest BCUT2D eigenvalue weighted by molar-refractivity contribution is -0.0272. The van der Waals surface area contributed by atoms with Crippen LogP contribution in [0.15, 0.2) is 29.9 Å². The average Bonchev–Trinajstić information content (AvgIpc) is 2.98. The first-order valence-corrected chi connectivity index (χ1v) is 7.06. The Balaban J connectivity index is 1.75. The summed E-state index contributed by atoms with van der Waals surface area (Å²) in [6.45, 7) is 3.71. The van der Waals surface area contributed by atoms with Crippen LogP contribution < -0.4 is 0 Å². The molecule has 1 atom stereocenters. The molecule has 0 bridgehead atoms. The van der Waals surface area contributed by atoms with Gasteiger partial charge >= 0.3 is 0 Å². The van der Waals surface area contributed by atoms with Gasteiger partial charge in [-0.2, -0.15) is 0 Å². The second-order valence-corrected chi connectivity index (χ2v) is 5.58. The van der Waals surface area contributed by atoms with Crippen molar-refractivity contribution in [2.45, 2.75) is 12.6 Å². The monoisotopic (exact) mass is 263 g/mol. The summed E-state index contributed by atoms with van der Waals surface area (Å²) in [5.41, 5.74) is 0. The molecule has 0 amide bonds. The maximum Gasteiger partial charge on any atom is 0.150 e. The molecule has 0 saturated carbocycles. The first-order chi connectivity index (χ1) is 8.83. The summed E-state index contributed by atoms with van der Waals surface area (Å²) in [7, 11) is 2.14. The molecule has 1 aliphatic heterocycles. The van der Waals surface area contributed by atoms with Crippen LogP contribution in [0.3, 0.4) is 0 Å². The smallest absolute Gasteiger partial charge is 0.150 e. The lowest BCUT2D eigenvalue weighted by Crippen LogP contribution is -2.41. The molecule has 3 rings (SSSR count). The third kappa shape index (κ3) is 2.48. The molecule has 1 unspecified atom stereocenters. The number of ether oxygens (including phenoxy) is 1. The zero-order chi connectivity index (χ0) is 12.4. The molecule has 0 spiro atoms. The zero-order valence-electron chi connectivity index (χ0n) is 10.5. The molecule has 96 valence electrons. The van der Waals surface area contributed by atoms with Crippen molar-refractivity contribution in [3.63, 3.8) is 0 Å². The highest BCUT2D eigenvalue weighted by Gasteiger charge is 2.19. The second kappa shape index (κ2) is 5.22. The molecule has 0 radical (unpaired) electrons. The molecule has 0 aliphatic carbocycles. The maximum absolute atomic E-state index is 5.81. The van der Waals surface area contributed by atoms with Crippen LogP contribution in [-0.4, -0.2) is 47.3 Å². The fourth-order valence-electron chi connectivity index (χ4n) is 2.28. The summed E-state index contributed by atoms with van der Waals surface area (Å²) >= 11 is 1.72. The topological polar surface area (TPSA) is 30.3 Å². The third-order valence-corrected chi connectivity index (χ3v) is 4.07. The van der Waals surface area contributed by atoms with Gasteiger partial charge in [0.15, 0.2) is 0 Å². The number of rotatable bonds is 3. The van der Waals surface area contributed by atoms with Crippen LogP contribution in [-0.2, 0) is 11.3 Å². The fourth-order valence-corrected chi connectivity index (χ4v) is 3.02. The van der Waals surface area contributed by atoms with Gasteiger partial charge in [0, 0.05) is 25.5 Å². The van der Waals surface area contributed by atoms with Crippen molar-refractivity contribution in [2.75, 3.05) is 26.7 Å². The van der Waals surface area contributed by atoms with E-state index in [9.17, 15) is 0 Å². The minimum Gasteiger partial charge on any atom is -0.374 e. The Kier molecular flexibility index (Phi) is 3.45. The van der Waals surface area contributed by atoms with Crippen LogP contribution in [0.4, 0.5) is 0 Å². The Morgan fingerprint density at radius 2 is 2.50 bits per heavy atom. The summed E-state index contributed by atoms with van der Waals surface area (Å²) in [6.07, 6.45) is 4.16. The SMILES string of the molecule is CN1CCOC(Cn2ccnc2-c2cccs2)C1. The maximum atomic E-state index is 5.81.